The largest absolute Gasteiger partial charge is 0.481 e. The maximum atomic E-state index is 13.6. The lowest BCUT2D eigenvalue weighted by molar-refractivity contribution is -0.141. The molecule has 1 unspecified atom stereocenters. The molecule has 0 aromatic heterocycles. The van der Waals surface area contributed by atoms with Crippen molar-refractivity contribution in [2.75, 3.05) is 0 Å². The van der Waals surface area contributed by atoms with Gasteiger partial charge in [0.2, 0.25) is 0 Å². The van der Waals surface area contributed by atoms with Gasteiger partial charge in [0.15, 0.2) is 0 Å². The first kappa shape index (κ1) is 15.6. The molecule has 110 valence electrons. The molecule has 1 atom stereocenters. The second kappa shape index (κ2) is 6.80. The van der Waals surface area contributed by atoms with Crippen molar-refractivity contribution in [2.24, 2.45) is 5.92 Å². The van der Waals surface area contributed by atoms with Gasteiger partial charge in [-0.1, -0.05) is 30.3 Å². The van der Waals surface area contributed by atoms with Gasteiger partial charge in [0.05, 0.1) is 10.4 Å². The van der Waals surface area contributed by atoms with Crippen molar-refractivity contribution in [3.63, 3.8) is 0 Å². The Hall–Kier alpha value is -1.75. The van der Waals surface area contributed by atoms with Crippen LogP contribution < -0.4 is 0 Å². The summed E-state index contributed by atoms with van der Waals surface area (Å²) in [7, 11) is 0. The molecule has 2 rings (SSSR count). The van der Waals surface area contributed by atoms with E-state index < -0.39 is 23.5 Å². The van der Waals surface area contributed by atoms with Crippen molar-refractivity contribution < 1.29 is 18.7 Å². The highest BCUT2D eigenvalue weighted by atomic mass is 79.9. The van der Waals surface area contributed by atoms with Gasteiger partial charge in [0.1, 0.15) is 11.6 Å². The van der Waals surface area contributed by atoms with Crippen LogP contribution in [0.1, 0.15) is 11.1 Å². The molecule has 0 spiro atoms. The first-order valence-corrected chi connectivity index (χ1v) is 7.17. The van der Waals surface area contributed by atoms with Crippen molar-refractivity contribution in [1.82, 2.24) is 0 Å². The van der Waals surface area contributed by atoms with Gasteiger partial charge in [0, 0.05) is 0 Å². The van der Waals surface area contributed by atoms with Crippen molar-refractivity contribution in [2.45, 2.75) is 12.8 Å². The zero-order valence-electron chi connectivity index (χ0n) is 11.0. The van der Waals surface area contributed by atoms with E-state index in [2.05, 4.69) is 15.9 Å². The van der Waals surface area contributed by atoms with E-state index in [4.69, 9.17) is 0 Å². The van der Waals surface area contributed by atoms with Gasteiger partial charge in [-0.05, 0) is 52.0 Å². The average Bonchev–Trinajstić information content (AvgIpc) is 2.45. The molecule has 0 saturated heterocycles. The number of halogens is 3. The Balaban J connectivity index is 2.22. The first-order chi connectivity index (χ1) is 9.99. The molecule has 0 fully saturated rings. The molecule has 0 radical (unpaired) electrons. The Morgan fingerprint density at radius 2 is 1.57 bits per heavy atom. The highest BCUT2D eigenvalue weighted by Gasteiger charge is 2.21. The Bertz CT molecular complexity index is 658. The fraction of sp³-hybridized carbons (Fsp3) is 0.188. The molecule has 0 aliphatic carbocycles. The molecule has 2 nitrogen and oxygen atoms in total. The molecule has 21 heavy (non-hydrogen) atoms. The lowest BCUT2D eigenvalue weighted by Crippen LogP contribution is -2.20. The maximum absolute atomic E-state index is 13.6. The Morgan fingerprint density at radius 1 is 1.00 bits per heavy atom. The minimum Gasteiger partial charge on any atom is -0.481 e. The molecular weight excluding hydrogens is 342 g/mol. The molecule has 0 amide bonds. The smallest absolute Gasteiger partial charge is 0.307 e. The summed E-state index contributed by atoms with van der Waals surface area (Å²) in [5, 5.41) is 9.32. The highest BCUT2D eigenvalue weighted by Crippen LogP contribution is 2.25. The number of carbonyl (C=O) groups is 1. The molecule has 0 aliphatic rings. The Labute approximate surface area is 129 Å². The predicted molar refractivity (Wildman–Crippen MR) is 79.0 cm³/mol. The van der Waals surface area contributed by atoms with Gasteiger partial charge in [-0.2, -0.15) is 0 Å². The summed E-state index contributed by atoms with van der Waals surface area (Å²) in [5.74, 6) is -2.72. The van der Waals surface area contributed by atoms with E-state index in [1.165, 1.54) is 18.2 Å². The number of aliphatic carboxylic acids is 1. The van der Waals surface area contributed by atoms with Gasteiger partial charge in [0.25, 0.3) is 0 Å². The van der Waals surface area contributed by atoms with Crippen LogP contribution >= 0.6 is 15.9 Å². The van der Waals surface area contributed by atoms with Crippen LogP contribution in [0.25, 0.3) is 0 Å². The summed E-state index contributed by atoms with van der Waals surface area (Å²) in [6.07, 6.45) is 0.187. The summed E-state index contributed by atoms with van der Waals surface area (Å²) >= 11 is 3.12. The van der Waals surface area contributed by atoms with Crippen molar-refractivity contribution in [1.29, 1.82) is 0 Å². The van der Waals surface area contributed by atoms with E-state index in [-0.39, 0.29) is 17.3 Å². The lowest BCUT2D eigenvalue weighted by atomic mass is 9.92. The number of rotatable bonds is 5. The fourth-order valence-electron chi connectivity index (χ4n) is 2.15. The summed E-state index contributed by atoms with van der Waals surface area (Å²) < 4.78 is 27.4. The number of hydrogen-bond acceptors (Lipinski definition) is 1. The van der Waals surface area contributed by atoms with E-state index >= 15 is 0 Å². The van der Waals surface area contributed by atoms with Crippen LogP contribution in [0.5, 0.6) is 0 Å². The Kier molecular flexibility index (Phi) is 5.07. The molecule has 1 N–H and O–H groups in total. The number of carboxylic acid groups (broad SMARTS) is 1. The van der Waals surface area contributed by atoms with Gasteiger partial charge in [-0.25, -0.2) is 8.78 Å². The van der Waals surface area contributed by atoms with Crippen LogP contribution in [0.2, 0.25) is 0 Å². The van der Waals surface area contributed by atoms with Crippen molar-refractivity contribution >= 4 is 21.9 Å². The third-order valence-corrected chi connectivity index (χ3v) is 4.16. The summed E-state index contributed by atoms with van der Waals surface area (Å²) in [6.45, 7) is 0. The highest BCUT2D eigenvalue weighted by molar-refractivity contribution is 9.10. The molecular formula is C16H13BrF2O2. The number of carboxylic acids is 1. The molecule has 0 bridgehead atoms. The fourth-order valence-corrected chi connectivity index (χ4v) is 2.57. The molecule has 0 aliphatic heterocycles. The first-order valence-electron chi connectivity index (χ1n) is 6.38. The molecule has 5 heteroatoms. The normalized spacial score (nSPS) is 12.1. The van der Waals surface area contributed by atoms with Crippen LogP contribution in [-0.2, 0) is 17.6 Å². The van der Waals surface area contributed by atoms with Crippen LogP contribution in [0.4, 0.5) is 8.78 Å². The minimum absolute atomic E-state index is 0.0605. The van der Waals surface area contributed by atoms with Crippen LogP contribution in [-0.4, -0.2) is 11.1 Å². The maximum Gasteiger partial charge on any atom is 0.307 e. The van der Waals surface area contributed by atoms with Gasteiger partial charge in [-0.15, -0.1) is 0 Å². The molecule has 0 saturated carbocycles. The van der Waals surface area contributed by atoms with E-state index in [1.807, 2.05) is 0 Å². The zero-order chi connectivity index (χ0) is 15.4. The third-order valence-electron chi connectivity index (χ3n) is 3.27. The van der Waals surface area contributed by atoms with Gasteiger partial charge >= 0.3 is 5.97 Å². The van der Waals surface area contributed by atoms with E-state index in [0.717, 1.165) is 0 Å². The van der Waals surface area contributed by atoms with E-state index in [1.54, 1.807) is 24.3 Å². The summed E-state index contributed by atoms with van der Waals surface area (Å²) in [4.78, 5) is 11.4. The van der Waals surface area contributed by atoms with E-state index in [9.17, 15) is 18.7 Å². The van der Waals surface area contributed by atoms with Crippen LogP contribution in [0.3, 0.4) is 0 Å². The SMILES string of the molecule is O=C(O)C(Cc1ccccc1F)Cc1cccc(F)c1Br. The third kappa shape index (κ3) is 3.88. The lowest BCUT2D eigenvalue weighted by Gasteiger charge is -2.14. The zero-order valence-corrected chi connectivity index (χ0v) is 12.6. The average molecular weight is 355 g/mol. The monoisotopic (exact) mass is 354 g/mol. The van der Waals surface area contributed by atoms with E-state index in [0.29, 0.717) is 11.1 Å². The second-order valence-electron chi connectivity index (χ2n) is 4.75. The predicted octanol–water partition coefficient (Wildman–Crippen LogP) is 4.21. The topological polar surface area (TPSA) is 37.3 Å². The van der Waals surface area contributed by atoms with Gasteiger partial charge < -0.3 is 5.11 Å². The molecule has 0 heterocycles. The summed E-state index contributed by atoms with van der Waals surface area (Å²) in [5.41, 5.74) is 0.899. The van der Waals surface area contributed by atoms with Crippen molar-refractivity contribution in [3.05, 3.63) is 69.7 Å². The van der Waals surface area contributed by atoms with Gasteiger partial charge in [-0.3, -0.25) is 4.79 Å². The van der Waals surface area contributed by atoms with Crippen LogP contribution in [0.15, 0.2) is 46.9 Å². The molecule has 2 aromatic rings. The number of hydrogen-bond donors (Lipinski definition) is 1. The quantitative estimate of drug-likeness (QED) is 0.872. The van der Waals surface area contributed by atoms with Crippen molar-refractivity contribution in [3.8, 4) is 0 Å². The van der Waals surface area contributed by atoms with Crippen LogP contribution in [0, 0.1) is 17.6 Å². The Morgan fingerprint density at radius 3 is 2.24 bits per heavy atom. The molecule has 2 aromatic carbocycles. The second-order valence-corrected chi connectivity index (χ2v) is 5.54. The minimum atomic E-state index is -1.03. The summed E-state index contributed by atoms with van der Waals surface area (Å²) in [6, 6.07) is 10.5. The number of benzene rings is 2. The standard InChI is InChI=1S/C16H13BrF2O2/c17-15-11(5-3-7-14(15)19)9-12(16(20)21)8-10-4-1-2-6-13(10)18/h1-7,12H,8-9H2,(H,20,21).